The van der Waals surface area contributed by atoms with Crippen molar-refractivity contribution in [3.8, 4) is 0 Å². The first-order chi connectivity index (χ1) is 17.1. The zero-order valence-corrected chi connectivity index (χ0v) is 20.6. The van der Waals surface area contributed by atoms with Gasteiger partial charge in [0.2, 0.25) is 0 Å². The van der Waals surface area contributed by atoms with Crippen LogP contribution in [-0.4, -0.2) is 23.1 Å². The van der Waals surface area contributed by atoms with Gasteiger partial charge < -0.3 is 10.3 Å². The maximum Gasteiger partial charge on any atom is 0.186 e. The van der Waals surface area contributed by atoms with Gasteiger partial charge in [0.05, 0.1) is 6.04 Å². The third-order valence-electron chi connectivity index (χ3n) is 6.55. The van der Waals surface area contributed by atoms with Gasteiger partial charge in [-0.25, -0.2) is 0 Å². The molecular weight excluding hydrogens is 432 g/mol. The van der Waals surface area contributed by atoms with E-state index in [0.717, 1.165) is 42.1 Å². The number of aryl methyl sites for hydroxylation is 1. The average Bonchev–Trinajstić information content (AvgIpc) is 3.31. The standard InChI is InChI=1S/C31H34N2O2/c1-3-4-6-11-29(34)25-16-17-26-27(21-33-28(26)20-25)31(35)30(24-9-7-5-8-10-24)32-19-18-23-14-12-22(2)13-15-23/h5,7-10,12-17,20-21,30,32-33H,3-4,6,11,18-19H2,1-2H3/t30-/m1/s1. The Balaban J connectivity index is 1.53. The fourth-order valence-electron chi connectivity index (χ4n) is 4.46. The normalized spacial score (nSPS) is 12.1. The van der Waals surface area contributed by atoms with Crippen LogP contribution in [0, 0.1) is 6.92 Å². The molecule has 35 heavy (non-hydrogen) atoms. The highest BCUT2D eigenvalue weighted by atomic mass is 16.1. The molecule has 0 bridgehead atoms. The third-order valence-corrected chi connectivity index (χ3v) is 6.55. The van der Waals surface area contributed by atoms with E-state index in [9.17, 15) is 9.59 Å². The van der Waals surface area contributed by atoms with Crippen LogP contribution < -0.4 is 5.32 Å². The van der Waals surface area contributed by atoms with E-state index in [0.29, 0.717) is 24.1 Å². The molecule has 1 heterocycles. The van der Waals surface area contributed by atoms with Gasteiger partial charge in [-0.3, -0.25) is 9.59 Å². The van der Waals surface area contributed by atoms with Crippen molar-refractivity contribution in [2.45, 2.75) is 52.0 Å². The lowest BCUT2D eigenvalue weighted by Gasteiger charge is -2.18. The van der Waals surface area contributed by atoms with Gasteiger partial charge in [-0.1, -0.05) is 92.1 Å². The topological polar surface area (TPSA) is 62.0 Å². The Kier molecular flexibility index (Phi) is 8.27. The second kappa shape index (κ2) is 11.8. The molecule has 0 aliphatic heterocycles. The molecule has 2 N–H and O–H groups in total. The molecule has 0 spiro atoms. The van der Waals surface area contributed by atoms with Crippen LogP contribution in [-0.2, 0) is 6.42 Å². The van der Waals surface area contributed by atoms with Gasteiger partial charge in [0.25, 0.3) is 0 Å². The van der Waals surface area contributed by atoms with E-state index in [1.54, 1.807) is 6.20 Å². The lowest BCUT2D eigenvalue weighted by molar-refractivity contribution is 0.0943. The number of unbranched alkanes of at least 4 members (excludes halogenated alkanes) is 2. The fourth-order valence-corrected chi connectivity index (χ4v) is 4.46. The van der Waals surface area contributed by atoms with Gasteiger partial charge in [-0.15, -0.1) is 0 Å². The summed E-state index contributed by atoms with van der Waals surface area (Å²) < 4.78 is 0. The van der Waals surface area contributed by atoms with E-state index in [2.05, 4.69) is 48.4 Å². The minimum absolute atomic E-state index is 0.0216. The fraction of sp³-hybridized carbons (Fsp3) is 0.290. The predicted octanol–water partition coefficient (Wildman–Crippen LogP) is 7.00. The molecule has 1 atom stereocenters. The molecule has 0 aliphatic rings. The number of rotatable bonds is 12. The lowest BCUT2D eigenvalue weighted by Crippen LogP contribution is -2.30. The molecular formula is C31H34N2O2. The van der Waals surface area contributed by atoms with Gasteiger partial charge in [0.1, 0.15) is 0 Å². The number of carbonyl (C=O) groups is 2. The molecule has 0 aliphatic carbocycles. The van der Waals surface area contributed by atoms with Gasteiger partial charge in [-0.2, -0.15) is 0 Å². The van der Waals surface area contributed by atoms with Gasteiger partial charge in [-0.05, 0) is 37.0 Å². The second-order valence-corrected chi connectivity index (χ2v) is 9.24. The Hall–Kier alpha value is -3.50. The summed E-state index contributed by atoms with van der Waals surface area (Å²) in [7, 11) is 0. The lowest BCUT2D eigenvalue weighted by atomic mass is 9.96. The van der Waals surface area contributed by atoms with E-state index in [1.165, 1.54) is 11.1 Å². The van der Waals surface area contributed by atoms with Crippen molar-refractivity contribution in [2.75, 3.05) is 6.54 Å². The number of fused-ring (bicyclic) bond motifs is 1. The molecule has 4 aromatic rings. The van der Waals surface area contributed by atoms with E-state index < -0.39 is 6.04 Å². The number of aromatic nitrogens is 1. The third kappa shape index (κ3) is 6.14. The molecule has 0 unspecified atom stereocenters. The molecule has 1 aromatic heterocycles. The van der Waals surface area contributed by atoms with Gasteiger partial charge >= 0.3 is 0 Å². The molecule has 0 saturated heterocycles. The first-order valence-electron chi connectivity index (χ1n) is 12.6. The predicted molar refractivity (Wildman–Crippen MR) is 143 cm³/mol. The summed E-state index contributed by atoms with van der Waals surface area (Å²) in [6, 6.07) is 23.5. The first kappa shape index (κ1) is 24.6. The number of carbonyl (C=O) groups excluding carboxylic acids is 2. The van der Waals surface area contributed by atoms with Crippen LogP contribution in [0.5, 0.6) is 0 Å². The molecule has 0 saturated carbocycles. The van der Waals surface area contributed by atoms with Crippen LogP contribution in [0.2, 0.25) is 0 Å². The van der Waals surface area contributed by atoms with Crippen molar-refractivity contribution < 1.29 is 9.59 Å². The number of benzene rings is 3. The van der Waals surface area contributed by atoms with Crippen molar-refractivity contribution in [1.82, 2.24) is 10.3 Å². The van der Waals surface area contributed by atoms with E-state index >= 15 is 0 Å². The van der Waals surface area contributed by atoms with E-state index in [1.807, 2.05) is 48.5 Å². The van der Waals surface area contributed by atoms with Crippen LogP contribution in [0.15, 0.2) is 79.0 Å². The van der Waals surface area contributed by atoms with Gasteiger partial charge in [0.15, 0.2) is 11.6 Å². The monoisotopic (exact) mass is 466 g/mol. The maximum atomic E-state index is 13.8. The molecule has 3 aromatic carbocycles. The number of Topliss-reactive ketones (excluding diaryl/α,β-unsaturated/α-hetero) is 2. The Bertz CT molecular complexity index is 1270. The van der Waals surface area contributed by atoms with Crippen molar-refractivity contribution in [1.29, 1.82) is 0 Å². The Morgan fingerprint density at radius 2 is 1.71 bits per heavy atom. The quantitative estimate of drug-likeness (QED) is 0.175. The molecule has 0 fully saturated rings. The molecule has 0 amide bonds. The van der Waals surface area contributed by atoms with Crippen LogP contribution in [0.1, 0.15) is 76.1 Å². The van der Waals surface area contributed by atoms with E-state index in [4.69, 9.17) is 0 Å². The number of hydrogen-bond acceptors (Lipinski definition) is 3. The van der Waals surface area contributed by atoms with E-state index in [-0.39, 0.29) is 11.6 Å². The molecule has 4 nitrogen and oxygen atoms in total. The summed E-state index contributed by atoms with van der Waals surface area (Å²) in [6.45, 7) is 4.90. The number of ketones is 2. The van der Waals surface area contributed by atoms with Crippen LogP contribution in [0.4, 0.5) is 0 Å². The Labute approximate surface area is 207 Å². The highest BCUT2D eigenvalue weighted by Gasteiger charge is 2.24. The largest absolute Gasteiger partial charge is 0.360 e. The zero-order chi connectivity index (χ0) is 24.6. The maximum absolute atomic E-state index is 13.8. The van der Waals surface area contributed by atoms with Crippen LogP contribution in [0.3, 0.4) is 0 Å². The average molecular weight is 467 g/mol. The van der Waals surface area contributed by atoms with Crippen molar-refractivity contribution in [2.24, 2.45) is 0 Å². The summed E-state index contributed by atoms with van der Waals surface area (Å²) in [5.74, 6) is 0.177. The highest BCUT2D eigenvalue weighted by Crippen LogP contribution is 2.26. The summed E-state index contributed by atoms with van der Waals surface area (Å²) in [6.07, 6.45) is 6.24. The van der Waals surface area contributed by atoms with Gasteiger partial charge in [0, 0.05) is 41.2 Å². The summed E-state index contributed by atoms with van der Waals surface area (Å²) in [5, 5.41) is 4.34. The number of hydrogen-bond donors (Lipinski definition) is 2. The molecule has 4 heteroatoms. The minimum Gasteiger partial charge on any atom is -0.360 e. The number of aromatic amines is 1. The first-order valence-corrected chi connectivity index (χ1v) is 12.6. The van der Waals surface area contributed by atoms with Crippen LogP contribution in [0.25, 0.3) is 10.9 Å². The Morgan fingerprint density at radius 1 is 0.943 bits per heavy atom. The Morgan fingerprint density at radius 3 is 2.46 bits per heavy atom. The molecule has 0 radical (unpaired) electrons. The number of H-pyrrole nitrogens is 1. The van der Waals surface area contributed by atoms with Crippen LogP contribution >= 0.6 is 0 Å². The van der Waals surface area contributed by atoms with Crippen molar-refractivity contribution >= 4 is 22.5 Å². The zero-order valence-electron chi connectivity index (χ0n) is 20.6. The minimum atomic E-state index is -0.448. The SMILES string of the molecule is CCCCCC(=O)c1ccc2c(C(=O)[C@H](NCCc3ccc(C)cc3)c3ccccc3)c[nH]c2c1. The smallest absolute Gasteiger partial charge is 0.186 e. The highest BCUT2D eigenvalue weighted by molar-refractivity contribution is 6.11. The summed E-state index contributed by atoms with van der Waals surface area (Å²) >= 11 is 0. The molecule has 180 valence electrons. The number of nitrogens with one attached hydrogen (secondary N) is 2. The van der Waals surface area contributed by atoms with Crippen molar-refractivity contribution in [3.05, 3.63) is 107 Å². The molecule has 4 rings (SSSR count). The summed E-state index contributed by atoms with van der Waals surface area (Å²) in [5.41, 5.74) is 5.58. The summed E-state index contributed by atoms with van der Waals surface area (Å²) in [4.78, 5) is 29.5. The van der Waals surface area contributed by atoms with Crippen molar-refractivity contribution in [3.63, 3.8) is 0 Å². The second-order valence-electron chi connectivity index (χ2n) is 9.24.